The fourth-order valence-corrected chi connectivity index (χ4v) is 6.63. The van der Waals surface area contributed by atoms with E-state index in [1.54, 1.807) is 7.11 Å². The molecule has 1 atom stereocenters. The van der Waals surface area contributed by atoms with E-state index < -0.39 is 8.56 Å². The zero-order valence-corrected chi connectivity index (χ0v) is 13.5. The molecule has 108 valence electrons. The summed E-state index contributed by atoms with van der Waals surface area (Å²) in [5.74, 6) is 0. The molecule has 1 unspecified atom stereocenters. The van der Waals surface area contributed by atoms with Crippen molar-refractivity contribution in [2.75, 3.05) is 40.1 Å². The van der Waals surface area contributed by atoms with Gasteiger partial charge in [0.2, 0.25) is 0 Å². The highest BCUT2D eigenvalue weighted by Gasteiger charge is 2.53. The van der Waals surface area contributed by atoms with Gasteiger partial charge in [-0.05, 0) is 26.8 Å². The minimum absolute atomic E-state index is 0.184. The van der Waals surface area contributed by atoms with Crippen LogP contribution in [0.1, 0.15) is 27.2 Å². The first-order valence-electron chi connectivity index (χ1n) is 6.87. The first-order chi connectivity index (χ1) is 8.52. The maximum Gasteiger partial charge on any atom is 0.338 e. The van der Waals surface area contributed by atoms with Gasteiger partial charge in [0, 0.05) is 37.9 Å². The second-order valence-electron chi connectivity index (χ2n) is 5.36. The third-order valence-corrected chi connectivity index (χ3v) is 7.79. The molecule has 1 aliphatic rings. The van der Waals surface area contributed by atoms with Crippen molar-refractivity contribution in [3.63, 3.8) is 0 Å². The van der Waals surface area contributed by atoms with Crippen LogP contribution in [0, 0.1) is 5.41 Å². The lowest BCUT2D eigenvalue weighted by atomic mass is 9.83. The quantitative estimate of drug-likeness (QED) is 0.607. The van der Waals surface area contributed by atoms with Crippen LogP contribution in [0.4, 0.5) is 0 Å². The van der Waals surface area contributed by atoms with E-state index in [1.165, 1.54) is 0 Å². The van der Waals surface area contributed by atoms with Gasteiger partial charge in [0.25, 0.3) is 0 Å². The number of hydrogen-bond acceptors (Lipinski definition) is 4. The molecule has 0 aromatic carbocycles. The Morgan fingerprint density at radius 1 is 1.22 bits per heavy atom. The Balaban J connectivity index is 2.82. The third kappa shape index (κ3) is 3.54. The Labute approximate surface area is 112 Å². The van der Waals surface area contributed by atoms with Crippen LogP contribution in [0.5, 0.6) is 0 Å². The summed E-state index contributed by atoms with van der Waals surface area (Å²) in [5, 5.41) is 0. The van der Waals surface area contributed by atoms with E-state index in [2.05, 4.69) is 13.5 Å². The van der Waals surface area contributed by atoms with Crippen molar-refractivity contribution in [1.29, 1.82) is 0 Å². The number of ether oxygens (including phenoxy) is 2. The lowest BCUT2D eigenvalue weighted by Gasteiger charge is -2.49. The fraction of sp³-hybridized carbons (Fsp3) is 1.00. The molecule has 0 amide bonds. The molecule has 0 aromatic heterocycles. The highest BCUT2D eigenvalue weighted by atomic mass is 28.4. The van der Waals surface area contributed by atoms with Crippen molar-refractivity contribution in [3.8, 4) is 0 Å². The van der Waals surface area contributed by atoms with Crippen molar-refractivity contribution in [2.45, 2.75) is 39.3 Å². The van der Waals surface area contributed by atoms with Crippen LogP contribution in [0.2, 0.25) is 12.1 Å². The summed E-state index contributed by atoms with van der Waals surface area (Å²) in [6, 6.07) is 0. The van der Waals surface area contributed by atoms with Crippen LogP contribution in [-0.2, 0) is 18.3 Å². The summed E-state index contributed by atoms with van der Waals surface area (Å²) in [5.41, 5.74) is 0.600. The smallest absolute Gasteiger partial charge is 0.338 e. The zero-order chi connectivity index (χ0) is 13.6. The molecule has 4 nitrogen and oxygen atoms in total. The summed E-state index contributed by atoms with van der Waals surface area (Å²) in [7, 11) is -0.434. The minimum atomic E-state index is -2.18. The van der Waals surface area contributed by atoms with Crippen molar-refractivity contribution in [3.05, 3.63) is 0 Å². The van der Waals surface area contributed by atoms with Crippen molar-refractivity contribution in [2.24, 2.45) is 5.41 Å². The molecular weight excluding hydrogens is 248 g/mol. The summed E-state index contributed by atoms with van der Waals surface area (Å²) in [6.07, 6.45) is 0.985. The first kappa shape index (κ1) is 16.1. The second-order valence-corrected chi connectivity index (χ2v) is 8.67. The van der Waals surface area contributed by atoms with Gasteiger partial charge in [0.05, 0.1) is 13.2 Å². The summed E-state index contributed by atoms with van der Waals surface area (Å²) in [4.78, 5) is 0. The Morgan fingerprint density at radius 3 is 2.11 bits per heavy atom. The molecule has 1 aliphatic heterocycles. The average Bonchev–Trinajstić information content (AvgIpc) is 2.27. The van der Waals surface area contributed by atoms with E-state index in [1.807, 2.05) is 13.8 Å². The second kappa shape index (κ2) is 7.00. The molecule has 1 heterocycles. The lowest BCUT2D eigenvalue weighted by molar-refractivity contribution is -0.115. The van der Waals surface area contributed by atoms with Gasteiger partial charge in [-0.2, -0.15) is 0 Å². The standard InChI is InChI=1S/C13H28O4Si/c1-6-16-18(5,17-7-2)12(8-9-14-4)13(3)10-15-11-13/h12H,6-11H2,1-5H3. The molecule has 0 spiro atoms. The molecule has 0 radical (unpaired) electrons. The Bertz CT molecular complexity index is 237. The van der Waals surface area contributed by atoms with E-state index in [0.29, 0.717) is 18.8 Å². The van der Waals surface area contributed by atoms with Gasteiger partial charge in [-0.15, -0.1) is 0 Å². The highest BCUT2D eigenvalue weighted by molar-refractivity contribution is 6.67. The van der Waals surface area contributed by atoms with E-state index in [0.717, 1.165) is 26.2 Å². The SMILES string of the molecule is CCO[Si](C)(OCC)C(CCOC)C1(C)COC1. The zero-order valence-electron chi connectivity index (χ0n) is 12.5. The molecule has 1 rings (SSSR count). The van der Waals surface area contributed by atoms with Gasteiger partial charge in [-0.25, -0.2) is 0 Å². The number of hydrogen-bond donors (Lipinski definition) is 0. The van der Waals surface area contributed by atoms with Gasteiger partial charge in [-0.1, -0.05) is 6.92 Å². The van der Waals surface area contributed by atoms with Crippen LogP contribution in [0.15, 0.2) is 0 Å². The van der Waals surface area contributed by atoms with Gasteiger partial charge in [0.15, 0.2) is 0 Å². The topological polar surface area (TPSA) is 36.9 Å². The largest absolute Gasteiger partial charge is 0.394 e. The minimum Gasteiger partial charge on any atom is -0.394 e. The van der Waals surface area contributed by atoms with Crippen molar-refractivity contribution < 1.29 is 18.3 Å². The predicted molar refractivity (Wildman–Crippen MR) is 74.0 cm³/mol. The lowest BCUT2D eigenvalue weighted by Crippen LogP contribution is -2.56. The van der Waals surface area contributed by atoms with Crippen LogP contribution < -0.4 is 0 Å². The average molecular weight is 276 g/mol. The molecule has 0 aliphatic carbocycles. The summed E-state index contributed by atoms with van der Waals surface area (Å²) < 4.78 is 22.8. The van der Waals surface area contributed by atoms with Crippen LogP contribution >= 0.6 is 0 Å². The predicted octanol–water partition coefficient (Wildman–Crippen LogP) is 2.57. The molecule has 5 heteroatoms. The monoisotopic (exact) mass is 276 g/mol. The molecule has 1 saturated heterocycles. The van der Waals surface area contributed by atoms with E-state index in [4.69, 9.17) is 18.3 Å². The van der Waals surface area contributed by atoms with Gasteiger partial charge >= 0.3 is 8.56 Å². The number of rotatable bonds is 9. The Kier molecular flexibility index (Phi) is 6.27. The first-order valence-corrected chi connectivity index (χ1v) is 9.26. The normalized spacial score (nSPS) is 20.5. The fourth-order valence-electron chi connectivity index (χ4n) is 2.92. The third-order valence-electron chi connectivity index (χ3n) is 3.81. The highest BCUT2D eigenvalue weighted by Crippen LogP contribution is 2.48. The summed E-state index contributed by atoms with van der Waals surface area (Å²) >= 11 is 0. The van der Waals surface area contributed by atoms with E-state index >= 15 is 0 Å². The molecule has 0 N–H and O–H groups in total. The molecule has 1 fully saturated rings. The van der Waals surface area contributed by atoms with E-state index in [9.17, 15) is 0 Å². The molecule has 0 bridgehead atoms. The number of methoxy groups -OCH3 is 1. The van der Waals surface area contributed by atoms with Crippen molar-refractivity contribution in [1.82, 2.24) is 0 Å². The van der Waals surface area contributed by atoms with Crippen LogP contribution in [-0.4, -0.2) is 48.7 Å². The van der Waals surface area contributed by atoms with Gasteiger partial charge < -0.3 is 18.3 Å². The van der Waals surface area contributed by atoms with Gasteiger partial charge in [-0.3, -0.25) is 0 Å². The van der Waals surface area contributed by atoms with Crippen LogP contribution in [0.3, 0.4) is 0 Å². The van der Waals surface area contributed by atoms with E-state index in [-0.39, 0.29) is 5.41 Å². The molecule has 0 aromatic rings. The molecular formula is C13H28O4Si. The van der Waals surface area contributed by atoms with Crippen LogP contribution in [0.25, 0.3) is 0 Å². The van der Waals surface area contributed by atoms with Crippen molar-refractivity contribution >= 4 is 8.56 Å². The molecule has 18 heavy (non-hydrogen) atoms. The summed E-state index contributed by atoms with van der Waals surface area (Å²) in [6.45, 7) is 12.3. The molecule has 0 saturated carbocycles. The Morgan fingerprint density at radius 2 is 1.78 bits per heavy atom. The van der Waals surface area contributed by atoms with Gasteiger partial charge in [0.1, 0.15) is 0 Å². The maximum atomic E-state index is 6.06. The maximum absolute atomic E-state index is 6.06. The Hall–Kier alpha value is 0.0569.